The van der Waals surface area contributed by atoms with Crippen molar-refractivity contribution in [2.75, 3.05) is 19.6 Å². The monoisotopic (exact) mass is 469 g/mol. The van der Waals surface area contributed by atoms with Crippen LogP contribution >= 0.6 is 0 Å². The summed E-state index contributed by atoms with van der Waals surface area (Å²) >= 11 is 0. The number of piperidine rings is 1. The van der Waals surface area contributed by atoms with E-state index in [9.17, 15) is 14.4 Å². The Morgan fingerprint density at radius 3 is 2.47 bits per heavy atom. The van der Waals surface area contributed by atoms with Gasteiger partial charge >= 0.3 is 6.09 Å². The molecule has 1 saturated carbocycles. The van der Waals surface area contributed by atoms with E-state index >= 15 is 0 Å². The van der Waals surface area contributed by atoms with Crippen LogP contribution < -0.4 is 5.32 Å². The minimum atomic E-state index is -0.856. The first-order chi connectivity index (χ1) is 16.5. The molecule has 34 heavy (non-hydrogen) atoms. The molecule has 0 aromatic heterocycles. The minimum absolute atomic E-state index is 0.0404. The van der Waals surface area contributed by atoms with Gasteiger partial charge < -0.3 is 19.9 Å². The maximum absolute atomic E-state index is 13.6. The number of ether oxygens (including phenoxy) is 1. The number of carbonyl (C=O) groups excluding carboxylic acids is 3. The van der Waals surface area contributed by atoms with Crippen molar-refractivity contribution in [3.63, 3.8) is 0 Å². The summed E-state index contributed by atoms with van der Waals surface area (Å²) in [6.07, 6.45) is 9.15. The van der Waals surface area contributed by atoms with E-state index in [1.54, 1.807) is 4.90 Å². The first-order valence-corrected chi connectivity index (χ1v) is 13.1. The van der Waals surface area contributed by atoms with E-state index in [0.717, 1.165) is 37.7 Å². The summed E-state index contributed by atoms with van der Waals surface area (Å²) in [5, 5.41) is 3.11. The van der Waals surface area contributed by atoms with E-state index in [-0.39, 0.29) is 24.5 Å². The highest BCUT2D eigenvalue weighted by Gasteiger charge is 2.54. The van der Waals surface area contributed by atoms with Crippen LogP contribution in [0.25, 0.3) is 0 Å². The van der Waals surface area contributed by atoms with Crippen molar-refractivity contribution in [2.24, 2.45) is 5.92 Å². The van der Waals surface area contributed by atoms with Gasteiger partial charge in [0.1, 0.15) is 18.2 Å². The third-order valence-corrected chi connectivity index (χ3v) is 7.89. The summed E-state index contributed by atoms with van der Waals surface area (Å²) in [7, 11) is 0. The van der Waals surface area contributed by atoms with Crippen molar-refractivity contribution >= 4 is 17.9 Å². The second-order valence-electron chi connectivity index (χ2n) is 10.2. The molecular weight excluding hydrogens is 430 g/mol. The van der Waals surface area contributed by atoms with Crippen LogP contribution in [-0.4, -0.2) is 58.9 Å². The van der Waals surface area contributed by atoms with Gasteiger partial charge in [0.15, 0.2) is 0 Å². The Morgan fingerprint density at radius 1 is 1.09 bits per heavy atom. The van der Waals surface area contributed by atoms with Gasteiger partial charge in [-0.2, -0.15) is 0 Å². The fourth-order valence-electron chi connectivity index (χ4n) is 5.80. The van der Waals surface area contributed by atoms with Gasteiger partial charge in [0.25, 0.3) is 0 Å². The van der Waals surface area contributed by atoms with Crippen LogP contribution in [0, 0.1) is 5.92 Å². The van der Waals surface area contributed by atoms with Gasteiger partial charge in [-0.25, -0.2) is 4.79 Å². The summed E-state index contributed by atoms with van der Waals surface area (Å²) in [5.41, 5.74) is 0.0854. The molecule has 1 aliphatic carbocycles. The molecule has 2 saturated heterocycles. The third-order valence-electron chi connectivity index (χ3n) is 7.89. The van der Waals surface area contributed by atoms with Crippen LogP contribution in [0.5, 0.6) is 0 Å². The topological polar surface area (TPSA) is 79.0 Å². The highest BCUT2D eigenvalue weighted by Crippen LogP contribution is 2.36. The Bertz CT molecular complexity index is 845. The fourth-order valence-corrected chi connectivity index (χ4v) is 5.80. The Morgan fingerprint density at radius 2 is 1.79 bits per heavy atom. The number of amides is 3. The number of rotatable bonds is 7. The van der Waals surface area contributed by atoms with E-state index in [1.165, 1.54) is 19.3 Å². The highest BCUT2D eigenvalue weighted by molar-refractivity contribution is 6.00. The van der Waals surface area contributed by atoms with Crippen LogP contribution in [-0.2, 0) is 20.9 Å². The van der Waals surface area contributed by atoms with Crippen LogP contribution in [0.3, 0.4) is 0 Å². The number of benzene rings is 1. The molecule has 1 N–H and O–H groups in total. The van der Waals surface area contributed by atoms with E-state index in [1.807, 2.05) is 35.2 Å². The van der Waals surface area contributed by atoms with Gasteiger partial charge in [-0.05, 0) is 37.2 Å². The average molecular weight is 470 g/mol. The van der Waals surface area contributed by atoms with Gasteiger partial charge in [-0.1, -0.05) is 75.8 Å². The molecule has 186 valence electrons. The largest absolute Gasteiger partial charge is 0.445 e. The molecule has 0 bridgehead atoms. The first kappa shape index (κ1) is 24.6. The van der Waals surface area contributed by atoms with Gasteiger partial charge in [0.2, 0.25) is 11.8 Å². The van der Waals surface area contributed by atoms with E-state index in [0.29, 0.717) is 38.4 Å². The van der Waals surface area contributed by atoms with Crippen molar-refractivity contribution in [1.82, 2.24) is 15.1 Å². The summed E-state index contributed by atoms with van der Waals surface area (Å²) in [6, 6.07) is 9.19. The number of hydrogen-bond donors (Lipinski definition) is 1. The van der Waals surface area contributed by atoms with Crippen LogP contribution in [0.4, 0.5) is 4.79 Å². The lowest BCUT2D eigenvalue weighted by Gasteiger charge is -2.51. The smallest absolute Gasteiger partial charge is 0.410 e. The molecule has 2 heterocycles. The van der Waals surface area contributed by atoms with Crippen molar-refractivity contribution in [3.05, 3.63) is 35.9 Å². The SMILES string of the molecule is CCCCN1C(=O)C(CC2CCCCC2)NC(=O)C12CCN(C(=O)OCc1ccccc1)CC2. The van der Waals surface area contributed by atoms with Crippen molar-refractivity contribution in [1.29, 1.82) is 0 Å². The second kappa shape index (κ2) is 11.2. The normalized spacial score (nSPS) is 23.1. The standard InChI is InChI=1S/C27H39N3O4/c1-2-3-16-30-24(31)23(19-21-10-6-4-7-11-21)28-25(32)27(30)14-17-29(18-15-27)26(33)34-20-22-12-8-5-9-13-22/h5,8-9,12-13,21,23H,2-4,6-7,10-11,14-20H2,1H3,(H,28,32). The number of likely N-dealkylation sites (tertiary alicyclic amines) is 1. The molecule has 1 aromatic rings. The molecule has 1 aromatic carbocycles. The first-order valence-electron chi connectivity index (χ1n) is 13.1. The average Bonchev–Trinajstić information content (AvgIpc) is 2.87. The molecule has 7 nitrogen and oxygen atoms in total. The summed E-state index contributed by atoms with van der Waals surface area (Å²) < 4.78 is 5.49. The summed E-state index contributed by atoms with van der Waals surface area (Å²) in [6.45, 7) is 3.74. The van der Waals surface area contributed by atoms with Gasteiger partial charge in [-0.15, -0.1) is 0 Å². The Kier molecular flexibility index (Phi) is 8.11. The zero-order valence-corrected chi connectivity index (χ0v) is 20.5. The minimum Gasteiger partial charge on any atom is -0.445 e. The van der Waals surface area contributed by atoms with Gasteiger partial charge in [0, 0.05) is 19.6 Å². The highest BCUT2D eigenvalue weighted by atomic mass is 16.6. The maximum atomic E-state index is 13.6. The lowest BCUT2D eigenvalue weighted by molar-refractivity contribution is -0.161. The van der Waals surface area contributed by atoms with Crippen molar-refractivity contribution in [3.8, 4) is 0 Å². The van der Waals surface area contributed by atoms with E-state index in [4.69, 9.17) is 4.74 Å². The number of unbranched alkanes of at least 4 members (excludes halogenated alkanes) is 1. The zero-order chi connectivity index (χ0) is 24.0. The lowest BCUT2D eigenvalue weighted by Crippen LogP contribution is -2.73. The Labute approximate surface area is 203 Å². The van der Waals surface area contributed by atoms with Gasteiger partial charge in [0.05, 0.1) is 0 Å². The predicted octanol–water partition coefficient (Wildman–Crippen LogP) is 4.26. The molecule has 7 heteroatoms. The second-order valence-corrected chi connectivity index (χ2v) is 10.2. The number of carbonyl (C=O) groups is 3. The molecule has 1 unspecified atom stereocenters. The van der Waals surface area contributed by atoms with Crippen molar-refractivity contribution < 1.29 is 19.1 Å². The quantitative estimate of drug-likeness (QED) is 0.647. The van der Waals surface area contributed by atoms with E-state index < -0.39 is 11.6 Å². The number of nitrogens with zero attached hydrogens (tertiary/aromatic N) is 2. The number of hydrogen-bond acceptors (Lipinski definition) is 4. The molecule has 1 atom stereocenters. The zero-order valence-electron chi connectivity index (χ0n) is 20.5. The molecule has 1 spiro atoms. The van der Waals surface area contributed by atoms with Crippen LogP contribution in [0.15, 0.2) is 30.3 Å². The fraction of sp³-hybridized carbons (Fsp3) is 0.667. The van der Waals surface area contributed by atoms with Gasteiger partial charge in [-0.3, -0.25) is 9.59 Å². The number of piperazine rings is 1. The lowest BCUT2D eigenvalue weighted by atomic mass is 9.79. The molecule has 3 amide bonds. The maximum Gasteiger partial charge on any atom is 0.410 e. The molecule has 2 aliphatic heterocycles. The summed E-state index contributed by atoms with van der Waals surface area (Å²) in [5.74, 6) is 0.548. The molecule has 3 aliphatic rings. The predicted molar refractivity (Wildman–Crippen MR) is 130 cm³/mol. The molecule has 0 radical (unpaired) electrons. The van der Waals surface area contributed by atoms with Crippen molar-refractivity contribution in [2.45, 2.75) is 89.3 Å². The van der Waals surface area contributed by atoms with Crippen LogP contribution in [0.1, 0.15) is 76.7 Å². The third kappa shape index (κ3) is 5.39. The molecule has 4 rings (SSSR count). The Hall–Kier alpha value is -2.57. The Balaban J connectivity index is 1.39. The molecular formula is C27H39N3O4. The number of nitrogens with one attached hydrogen (secondary N) is 1. The van der Waals surface area contributed by atoms with Crippen LogP contribution in [0.2, 0.25) is 0 Å². The summed E-state index contributed by atoms with van der Waals surface area (Å²) in [4.78, 5) is 43.3. The van der Waals surface area contributed by atoms with E-state index in [2.05, 4.69) is 12.2 Å². The molecule has 3 fully saturated rings.